The molecule has 476 valence electrons. The highest BCUT2D eigenvalue weighted by atomic mass is 14.6. The summed E-state index contributed by atoms with van der Waals surface area (Å²) >= 11 is 0. The molecule has 17 aliphatic rings. The maximum absolute atomic E-state index is 2.48. The van der Waals surface area contributed by atoms with E-state index in [1.165, 1.54) is 180 Å². The van der Waals surface area contributed by atoms with Crippen LogP contribution in [0.4, 0.5) is 0 Å². The summed E-state index contributed by atoms with van der Waals surface area (Å²) in [7, 11) is 0. The second-order valence-corrected chi connectivity index (χ2v) is 38.2. The van der Waals surface area contributed by atoms with Crippen molar-refractivity contribution in [3.05, 3.63) is 0 Å². The van der Waals surface area contributed by atoms with Gasteiger partial charge in [-0.1, -0.05) is 181 Å². The zero-order chi connectivity index (χ0) is 58.7. The molecule has 17 fully saturated rings. The summed E-state index contributed by atoms with van der Waals surface area (Å²) in [5.74, 6) is 18.4. The molecule has 0 aromatic rings. The molecule has 0 nitrogen and oxygen atoms in total. The van der Waals surface area contributed by atoms with Gasteiger partial charge < -0.3 is 0 Å². The molecule has 0 amide bonds. The Morgan fingerprint density at radius 3 is 1.16 bits per heavy atom. The zero-order valence-electron chi connectivity index (χ0n) is 58.7. The van der Waals surface area contributed by atoms with Gasteiger partial charge in [-0.05, 0) is 338 Å². The second-order valence-electron chi connectivity index (χ2n) is 38.2. The number of fused-ring (bicyclic) bond motifs is 8. The van der Waals surface area contributed by atoms with Gasteiger partial charge in [0.2, 0.25) is 0 Å². The highest BCUT2D eigenvalue weighted by Gasteiger charge is 2.52. The number of rotatable bonds is 2. The van der Waals surface area contributed by atoms with Crippen molar-refractivity contribution in [2.45, 2.75) is 380 Å². The molecule has 0 N–H and O–H groups in total. The Balaban J connectivity index is 0.000000114. The Morgan fingerprint density at radius 2 is 0.841 bits per heavy atom. The fraction of sp³-hybridized carbons (Fsp3) is 1.00. The molecule has 9 unspecified atom stereocenters. The predicted molar refractivity (Wildman–Crippen MR) is 360 cm³/mol. The van der Waals surface area contributed by atoms with E-state index in [1.807, 2.05) is 0 Å². The smallest absolute Gasteiger partial charge is 0.0292 e. The molecule has 0 aromatic heterocycles. The van der Waals surface area contributed by atoms with Gasteiger partial charge in [0.25, 0.3) is 0 Å². The van der Waals surface area contributed by atoms with Crippen LogP contribution in [-0.4, -0.2) is 0 Å². The van der Waals surface area contributed by atoms with Gasteiger partial charge >= 0.3 is 0 Å². The largest absolute Gasteiger partial charge is 0.0649 e. The van der Waals surface area contributed by atoms with Gasteiger partial charge in [-0.3, -0.25) is 0 Å². The van der Waals surface area contributed by atoms with Crippen molar-refractivity contribution in [3.8, 4) is 0 Å². The average molecular weight is 1130 g/mol. The minimum atomic E-state index is 0.647. The van der Waals surface area contributed by atoms with Crippen molar-refractivity contribution in [2.75, 3.05) is 0 Å². The van der Waals surface area contributed by atoms with Crippen LogP contribution < -0.4 is 0 Å². The summed E-state index contributed by atoms with van der Waals surface area (Å²) in [5.41, 5.74) is 5.30. The minimum absolute atomic E-state index is 0.647. The van der Waals surface area contributed by atoms with Crippen LogP contribution in [0.1, 0.15) is 380 Å². The Morgan fingerprint density at radius 1 is 0.341 bits per heavy atom. The lowest BCUT2D eigenvalue weighted by Crippen LogP contribution is -2.45. The van der Waals surface area contributed by atoms with Crippen LogP contribution in [0.5, 0.6) is 0 Å². The molecule has 0 saturated heterocycles. The van der Waals surface area contributed by atoms with Crippen LogP contribution in [0.15, 0.2) is 0 Å². The van der Waals surface area contributed by atoms with E-state index in [0.717, 1.165) is 128 Å². The third kappa shape index (κ3) is 16.5. The van der Waals surface area contributed by atoms with Crippen molar-refractivity contribution in [1.82, 2.24) is 0 Å². The standard InChI is InChI=1S/C14H26.C12H20.C12H22.C10H18.2C9H16.C8H14.C8H16/c1-12-4-6-14(7-5-12)10-8-13(2,3)9-11-14;1-2-12-6-9-3-10(7-12)5-11(4-9)8-12;1-11-5-9-12(10-6-11)7-3-2-4-8-12;1-7-8-4-5-9(6-8)10(7,2)3;1-7-5-8-3-4-9(7,2)6-8;1-6-7(2)9-4-3-8(6)5-9;1-6-4-7-2-3-8(6)5-7;1-3-8(2)6-4-5-7-8/h12H,4-11H2,1-3H3;9-11H,2-8H2,1H3;11H,2-10H2,1H3;7-9H,4-6H2,1-3H3;7-8H,3-6H2,1-2H3;6-9H,3-5H2,1-2H3;6-8H,2-5H2,1H3;3-7H2,1-2H3/t;;;2*7-,8?,9?;6-,7?,8?,9?;6-,7?,8?;/m...1000./s1. The van der Waals surface area contributed by atoms with Gasteiger partial charge in [0.15, 0.2) is 0 Å². The lowest BCUT2D eigenvalue weighted by Gasteiger charge is -2.56. The first-order chi connectivity index (χ1) is 38.9. The first-order valence-electron chi connectivity index (χ1n) is 38.9. The van der Waals surface area contributed by atoms with E-state index in [0.29, 0.717) is 10.8 Å². The topological polar surface area (TPSA) is 0 Å². The molecule has 0 heterocycles. The van der Waals surface area contributed by atoms with E-state index in [4.69, 9.17) is 0 Å². The van der Waals surface area contributed by atoms with Gasteiger partial charge in [0.1, 0.15) is 0 Å². The van der Waals surface area contributed by atoms with Crippen molar-refractivity contribution in [2.24, 2.45) is 139 Å². The zero-order valence-corrected chi connectivity index (χ0v) is 58.7. The number of hydrogen-bond acceptors (Lipinski definition) is 0. The molecule has 0 heteroatoms. The van der Waals surface area contributed by atoms with E-state index >= 15 is 0 Å². The maximum Gasteiger partial charge on any atom is -0.0292 e. The maximum atomic E-state index is 2.48. The Hall–Kier alpha value is 0. The Labute approximate surface area is 515 Å². The molecule has 2 spiro atoms. The molecule has 12 bridgehead atoms. The van der Waals surface area contributed by atoms with E-state index in [1.54, 1.807) is 96.3 Å². The van der Waals surface area contributed by atoms with Crippen molar-refractivity contribution >= 4 is 0 Å². The predicted octanol–water partition coefficient (Wildman–Crippen LogP) is 26.6. The highest BCUT2D eigenvalue weighted by Crippen LogP contribution is 2.62. The SMILES string of the molecule is CC1C2CCC(C2)[C@H]1C.CC1CCC2(CC1)CCC(C)(C)CC2.CC1CCC2(CCCCC2)CC1.CCC1(C)CCCC1.CCC12CC3CC(CC(C3)C1)C2.C[C@@H]1C2CCC(C2)C1(C)C.C[C@H]1CC2CCC1(C)C2.C[C@H]1CC2CCC1C2. The summed E-state index contributed by atoms with van der Waals surface area (Å²) in [6, 6.07) is 0. The average Bonchev–Trinajstić information content (AvgIpc) is 3.34. The monoisotopic (exact) mass is 1130 g/mol. The summed E-state index contributed by atoms with van der Waals surface area (Å²) < 4.78 is 0. The first kappa shape index (κ1) is 66.4. The van der Waals surface area contributed by atoms with Crippen LogP contribution >= 0.6 is 0 Å². The van der Waals surface area contributed by atoms with Gasteiger partial charge in [-0.25, -0.2) is 0 Å². The van der Waals surface area contributed by atoms with Crippen LogP contribution in [0, 0.1) is 139 Å². The van der Waals surface area contributed by atoms with Crippen LogP contribution in [0.25, 0.3) is 0 Å². The fourth-order valence-electron chi connectivity index (χ4n) is 24.2. The van der Waals surface area contributed by atoms with Crippen molar-refractivity contribution < 1.29 is 0 Å². The van der Waals surface area contributed by atoms with Gasteiger partial charge in [-0.15, -0.1) is 0 Å². The minimum Gasteiger partial charge on any atom is -0.0649 e. The molecule has 13 atom stereocenters. The third-order valence-electron chi connectivity index (χ3n) is 31.9. The molecule has 0 aromatic carbocycles. The molecule has 17 rings (SSSR count). The first-order valence-corrected chi connectivity index (χ1v) is 38.9. The molecule has 0 aliphatic heterocycles. The van der Waals surface area contributed by atoms with Crippen LogP contribution in [0.2, 0.25) is 0 Å². The Bertz CT molecular complexity index is 1810. The molecule has 17 aliphatic carbocycles. The quantitative estimate of drug-likeness (QED) is 0.259. The van der Waals surface area contributed by atoms with Crippen molar-refractivity contribution in [3.63, 3.8) is 0 Å². The van der Waals surface area contributed by atoms with Gasteiger partial charge in [0.05, 0.1) is 0 Å². The molecular formula is C82H148. The van der Waals surface area contributed by atoms with Crippen LogP contribution in [0.3, 0.4) is 0 Å². The van der Waals surface area contributed by atoms with E-state index in [9.17, 15) is 0 Å². The second kappa shape index (κ2) is 28.0. The van der Waals surface area contributed by atoms with Crippen LogP contribution in [-0.2, 0) is 0 Å². The summed E-state index contributed by atoms with van der Waals surface area (Å²) in [6.45, 7) is 36.5. The van der Waals surface area contributed by atoms with Gasteiger partial charge in [-0.2, -0.15) is 0 Å². The third-order valence-corrected chi connectivity index (χ3v) is 31.9. The van der Waals surface area contributed by atoms with Gasteiger partial charge in [0, 0.05) is 0 Å². The number of hydrogen-bond donors (Lipinski definition) is 0. The highest BCUT2D eigenvalue weighted by molar-refractivity contribution is 5.02. The molecule has 17 saturated carbocycles. The lowest BCUT2D eigenvalue weighted by molar-refractivity contribution is -0.0545. The summed E-state index contributed by atoms with van der Waals surface area (Å²) in [4.78, 5) is 0. The van der Waals surface area contributed by atoms with E-state index < -0.39 is 0 Å². The summed E-state index contributed by atoms with van der Waals surface area (Å²) in [5, 5.41) is 0. The normalized spacial score (nSPS) is 44.5. The fourth-order valence-corrected chi connectivity index (χ4v) is 24.2. The van der Waals surface area contributed by atoms with E-state index in [2.05, 4.69) is 104 Å². The molecular weight excluding hydrogens is 985 g/mol. The molecule has 0 radical (unpaired) electrons. The van der Waals surface area contributed by atoms with Crippen molar-refractivity contribution in [1.29, 1.82) is 0 Å². The van der Waals surface area contributed by atoms with E-state index in [-0.39, 0.29) is 0 Å². The Kier molecular flexibility index (Phi) is 22.7. The molecule has 82 heavy (non-hydrogen) atoms. The lowest BCUT2D eigenvalue weighted by atomic mass is 9.49. The summed E-state index contributed by atoms with van der Waals surface area (Å²) in [6.07, 6.45) is 65.7.